The number of carbonyl (C=O) groups is 2. The summed E-state index contributed by atoms with van der Waals surface area (Å²) in [4.78, 5) is 25.8. The van der Waals surface area contributed by atoms with Gasteiger partial charge in [-0.3, -0.25) is 4.79 Å². The number of hydrogen-bond donors (Lipinski definition) is 2. The van der Waals surface area contributed by atoms with Crippen LogP contribution in [0.25, 0.3) is 0 Å². The Labute approximate surface area is 194 Å². The third kappa shape index (κ3) is 7.04. The molecule has 1 heterocycles. The second-order valence-corrected chi connectivity index (χ2v) is 8.35. The molecule has 7 heteroatoms. The van der Waals surface area contributed by atoms with E-state index in [4.69, 9.17) is 14.6 Å². The van der Waals surface area contributed by atoms with Crippen LogP contribution >= 0.6 is 0 Å². The van der Waals surface area contributed by atoms with Gasteiger partial charge in [0, 0.05) is 31.9 Å². The van der Waals surface area contributed by atoms with Crippen molar-refractivity contribution in [2.75, 3.05) is 24.7 Å². The van der Waals surface area contributed by atoms with Crippen molar-refractivity contribution in [2.24, 2.45) is 0 Å². The Morgan fingerprint density at radius 2 is 1.79 bits per heavy atom. The van der Waals surface area contributed by atoms with E-state index in [2.05, 4.69) is 0 Å². The van der Waals surface area contributed by atoms with Crippen LogP contribution in [0.2, 0.25) is 0 Å². The molecule has 0 saturated carbocycles. The molecule has 7 nitrogen and oxygen atoms in total. The van der Waals surface area contributed by atoms with Crippen LogP contribution < -0.4 is 14.4 Å². The molecule has 2 N–H and O–H groups in total. The van der Waals surface area contributed by atoms with Gasteiger partial charge in [-0.05, 0) is 61.1 Å². The molecule has 1 unspecified atom stereocenters. The quantitative estimate of drug-likeness (QED) is 0.399. The lowest BCUT2D eigenvalue weighted by molar-refractivity contribution is -0.118. The maximum Gasteiger partial charge on any atom is 0.227 e. The molecule has 3 rings (SSSR count). The fraction of sp³-hybridized carbons (Fsp3) is 0.462. The number of nitrogens with zero attached hydrogens (tertiary/aromatic N) is 1. The largest absolute Gasteiger partial charge is 0.493 e. The highest BCUT2D eigenvalue weighted by molar-refractivity contribution is 5.94. The number of aliphatic hydroxyl groups is 2. The van der Waals surface area contributed by atoms with Gasteiger partial charge in [0.15, 0.2) is 0 Å². The van der Waals surface area contributed by atoms with Crippen LogP contribution in [0.1, 0.15) is 49.3 Å². The molecule has 33 heavy (non-hydrogen) atoms. The van der Waals surface area contributed by atoms with Crippen molar-refractivity contribution >= 4 is 17.9 Å². The van der Waals surface area contributed by atoms with E-state index >= 15 is 0 Å². The lowest BCUT2D eigenvalue weighted by Gasteiger charge is -2.29. The first kappa shape index (κ1) is 24.7. The van der Waals surface area contributed by atoms with E-state index in [-0.39, 0.29) is 25.5 Å². The summed E-state index contributed by atoms with van der Waals surface area (Å²) in [6, 6.07) is 11.7. The fourth-order valence-electron chi connectivity index (χ4n) is 3.87. The Balaban J connectivity index is 1.92. The van der Waals surface area contributed by atoms with Gasteiger partial charge in [0.1, 0.15) is 24.4 Å². The number of aldehydes is 1. The summed E-state index contributed by atoms with van der Waals surface area (Å²) >= 11 is 0. The molecule has 2 aromatic rings. The van der Waals surface area contributed by atoms with E-state index in [1.54, 1.807) is 11.8 Å². The highest BCUT2D eigenvalue weighted by Gasteiger charge is 2.24. The Morgan fingerprint density at radius 3 is 2.52 bits per heavy atom. The molecule has 0 bridgehead atoms. The molecular formula is C26H33NO6. The Bertz CT molecular complexity index is 942. The van der Waals surface area contributed by atoms with E-state index < -0.39 is 6.10 Å². The van der Waals surface area contributed by atoms with Crippen LogP contribution in [-0.2, 0) is 29.0 Å². The van der Waals surface area contributed by atoms with E-state index in [0.717, 1.165) is 41.5 Å². The van der Waals surface area contributed by atoms with Gasteiger partial charge in [0.25, 0.3) is 0 Å². The summed E-state index contributed by atoms with van der Waals surface area (Å²) < 4.78 is 11.5. The number of rotatable bonds is 11. The van der Waals surface area contributed by atoms with Gasteiger partial charge in [-0.2, -0.15) is 0 Å². The van der Waals surface area contributed by atoms with Crippen LogP contribution in [0.5, 0.6) is 11.5 Å². The van der Waals surface area contributed by atoms with Gasteiger partial charge in [0.2, 0.25) is 5.91 Å². The Hall–Kier alpha value is -2.90. The van der Waals surface area contributed by atoms with Crippen LogP contribution in [0.3, 0.4) is 0 Å². The lowest BCUT2D eigenvalue weighted by atomic mass is 9.94. The number of aryl methyl sites for hydroxylation is 2. The highest BCUT2D eigenvalue weighted by atomic mass is 16.5. The van der Waals surface area contributed by atoms with Gasteiger partial charge in [0.05, 0.1) is 24.9 Å². The minimum atomic E-state index is -0.593. The number of carbonyl (C=O) groups excluding carboxylic acids is 2. The predicted octanol–water partition coefficient (Wildman–Crippen LogP) is 3.21. The monoisotopic (exact) mass is 455 g/mol. The summed E-state index contributed by atoms with van der Waals surface area (Å²) in [5.74, 6) is 1.26. The number of aliphatic hydroxyl groups excluding tert-OH is 2. The van der Waals surface area contributed by atoms with E-state index in [1.165, 1.54) is 0 Å². The molecule has 178 valence electrons. The number of amides is 1. The van der Waals surface area contributed by atoms with Gasteiger partial charge >= 0.3 is 0 Å². The van der Waals surface area contributed by atoms with Crippen molar-refractivity contribution in [1.82, 2.24) is 0 Å². The normalized spacial score (nSPS) is 13.8. The van der Waals surface area contributed by atoms with Crippen LogP contribution in [0.4, 0.5) is 5.69 Å². The Morgan fingerprint density at radius 1 is 1.06 bits per heavy atom. The van der Waals surface area contributed by atoms with Gasteiger partial charge < -0.3 is 29.4 Å². The third-order valence-corrected chi connectivity index (χ3v) is 5.59. The number of fused-ring (bicyclic) bond motifs is 2. The standard InChI is InChI=1S/C26H33NO6/c1-19(30)18-33-24-11-9-21-7-6-20-8-10-23(32-14-4-13-29)15-22(20)17-27(25(21)16-24)26(31)5-2-3-12-28/h8-12,15-16,19,29-30H,2-7,13-14,17-18H2,1H3. The fourth-order valence-corrected chi connectivity index (χ4v) is 3.87. The maximum atomic E-state index is 13.3. The molecule has 0 radical (unpaired) electrons. The number of benzene rings is 2. The summed E-state index contributed by atoms with van der Waals surface area (Å²) in [5, 5.41) is 18.6. The van der Waals surface area contributed by atoms with E-state index in [9.17, 15) is 14.7 Å². The number of unbranched alkanes of at least 4 members (excludes halogenated alkanes) is 1. The minimum absolute atomic E-state index is 0.0507. The van der Waals surface area contributed by atoms with Crippen molar-refractivity contribution in [3.05, 3.63) is 53.1 Å². The van der Waals surface area contributed by atoms with Crippen molar-refractivity contribution < 1.29 is 29.3 Å². The van der Waals surface area contributed by atoms with Crippen LogP contribution in [0, 0.1) is 0 Å². The average Bonchev–Trinajstić information content (AvgIpc) is 2.79. The first-order chi connectivity index (χ1) is 16.0. The summed E-state index contributed by atoms with van der Waals surface area (Å²) in [6.07, 6.45) is 3.53. The predicted molar refractivity (Wildman–Crippen MR) is 126 cm³/mol. The summed E-state index contributed by atoms with van der Waals surface area (Å²) in [6.45, 7) is 2.72. The van der Waals surface area contributed by atoms with Gasteiger partial charge in [-0.15, -0.1) is 0 Å². The molecule has 2 aromatic carbocycles. The van der Waals surface area contributed by atoms with Crippen LogP contribution in [0.15, 0.2) is 36.4 Å². The second kappa shape index (κ2) is 12.4. The SMILES string of the molecule is CC(O)COc1ccc2c(c1)N(C(=O)CCCC=O)Cc1cc(OCCCO)ccc1CC2. The van der Waals surface area contributed by atoms with Crippen molar-refractivity contribution in [1.29, 1.82) is 0 Å². The molecule has 0 saturated heterocycles. The minimum Gasteiger partial charge on any atom is -0.493 e. The first-order valence-corrected chi connectivity index (χ1v) is 11.5. The first-order valence-electron chi connectivity index (χ1n) is 11.5. The number of hydrogen-bond acceptors (Lipinski definition) is 6. The topological polar surface area (TPSA) is 96.3 Å². The van der Waals surface area contributed by atoms with Crippen molar-refractivity contribution in [2.45, 2.75) is 58.1 Å². The zero-order valence-electron chi connectivity index (χ0n) is 19.2. The zero-order chi connectivity index (χ0) is 23.6. The molecule has 0 spiro atoms. The van der Waals surface area contributed by atoms with E-state index in [0.29, 0.717) is 43.9 Å². The van der Waals surface area contributed by atoms with Crippen molar-refractivity contribution in [3.8, 4) is 11.5 Å². The van der Waals surface area contributed by atoms with Gasteiger partial charge in [-0.1, -0.05) is 12.1 Å². The third-order valence-electron chi connectivity index (χ3n) is 5.59. The summed E-state index contributed by atoms with van der Waals surface area (Å²) in [5.41, 5.74) is 4.03. The maximum absolute atomic E-state index is 13.3. The second-order valence-electron chi connectivity index (χ2n) is 8.35. The molecule has 1 atom stereocenters. The lowest BCUT2D eigenvalue weighted by Crippen LogP contribution is -2.32. The van der Waals surface area contributed by atoms with E-state index in [1.807, 2.05) is 36.4 Å². The van der Waals surface area contributed by atoms with Gasteiger partial charge in [-0.25, -0.2) is 0 Å². The number of ether oxygens (including phenoxy) is 2. The summed E-state index contributed by atoms with van der Waals surface area (Å²) in [7, 11) is 0. The molecule has 1 amide bonds. The van der Waals surface area contributed by atoms with Crippen molar-refractivity contribution in [3.63, 3.8) is 0 Å². The zero-order valence-corrected chi connectivity index (χ0v) is 19.2. The molecule has 1 aliphatic rings. The molecule has 1 aliphatic heterocycles. The smallest absolute Gasteiger partial charge is 0.227 e. The molecule has 0 aromatic heterocycles. The average molecular weight is 456 g/mol. The Kier molecular flexibility index (Phi) is 9.27. The molecule has 0 aliphatic carbocycles. The highest BCUT2D eigenvalue weighted by Crippen LogP contribution is 2.33. The molecule has 0 fully saturated rings. The molecular weight excluding hydrogens is 422 g/mol. The number of anilines is 1. The van der Waals surface area contributed by atoms with Crippen LogP contribution in [-0.4, -0.2) is 48.3 Å².